The molecule has 0 N–H and O–H groups in total. The minimum atomic E-state index is 0.396. The van der Waals surface area contributed by atoms with Crippen molar-refractivity contribution in [2.24, 2.45) is 10.8 Å². The first-order chi connectivity index (χ1) is 14.3. The summed E-state index contributed by atoms with van der Waals surface area (Å²) in [6.07, 6.45) is 8.76. The number of hydrogen-bond acceptors (Lipinski definition) is 3. The van der Waals surface area contributed by atoms with Crippen molar-refractivity contribution < 1.29 is 4.42 Å². The second-order valence-corrected chi connectivity index (χ2v) is 11.2. The van der Waals surface area contributed by atoms with Gasteiger partial charge in [0.1, 0.15) is 0 Å². The Bertz CT molecular complexity index is 813. The number of rotatable bonds is 5. The van der Waals surface area contributed by atoms with Gasteiger partial charge in [0.05, 0.1) is 12.5 Å². The van der Waals surface area contributed by atoms with Gasteiger partial charge in [0.25, 0.3) is 0 Å². The predicted octanol–water partition coefficient (Wildman–Crippen LogP) is 6.80. The first-order valence-electron chi connectivity index (χ1n) is 11.9. The monoisotopic (exact) mass is 408 g/mol. The summed E-state index contributed by atoms with van der Waals surface area (Å²) in [5.74, 6) is 0.630. The molecule has 4 rings (SSSR count). The maximum absolute atomic E-state index is 5.38. The van der Waals surface area contributed by atoms with Crippen LogP contribution in [0.2, 0.25) is 0 Å². The van der Waals surface area contributed by atoms with E-state index in [2.05, 4.69) is 68.7 Å². The normalized spacial score (nSPS) is 22.4. The Kier molecular flexibility index (Phi) is 6.03. The van der Waals surface area contributed by atoms with Crippen LogP contribution >= 0.6 is 0 Å². The highest BCUT2D eigenvalue weighted by Crippen LogP contribution is 2.53. The smallest absolute Gasteiger partial charge is 0.0980 e. The molecule has 0 spiro atoms. The van der Waals surface area contributed by atoms with Crippen LogP contribution in [0.25, 0.3) is 11.1 Å². The van der Waals surface area contributed by atoms with Gasteiger partial charge in [-0.3, -0.25) is 4.90 Å². The maximum Gasteiger partial charge on any atom is 0.0980 e. The lowest BCUT2D eigenvalue weighted by atomic mass is 9.60. The lowest BCUT2D eigenvalue weighted by molar-refractivity contribution is 0.0970. The van der Waals surface area contributed by atoms with E-state index < -0.39 is 0 Å². The van der Waals surface area contributed by atoms with E-state index in [1.807, 2.05) is 6.26 Å². The predicted molar refractivity (Wildman–Crippen MR) is 127 cm³/mol. The lowest BCUT2D eigenvalue weighted by Crippen LogP contribution is -2.47. The minimum absolute atomic E-state index is 0.396. The molecule has 0 atom stereocenters. The van der Waals surface area contributed by atoms with E-state index in [0.717, 1.165) is 13.1 Å². The Morgan fingerprint density at radius 3 is 2.23 bits per heavy atom. The second-order valence-electron chi connectivity index (χ2n) is 11.2. The maximum atomic E-state index is 5.38. The van der Waals surface area contributed by atoms with Crippen molar-refractivity contribution >= 4 is 5.69 Å². The third-order valence-corrected chi connectivity index (χ3v) is 7.13. The number of anilines is 1. The van der Waals surface area contributed by atoms with E-state index in [4.69, 9.17) is 4.42 Å². The molecule has 1 saturated carbocycles. The first-order valence-corrected chi connectivity index (χ1v) is 11.9. The van der Waals surface area contributed by atoms with E-state index >= 15 is 0 Å². The van der Waals surface area contributed by atoms with Gasteiger partial charge in [-0.1, -0.05) is 46.8 Å². The summed E-state index contributed by atoms with van der Waals surface area (Å²) in [5, 5.41) is 0. The van der Waals surface area contributed by atoms with Gasteiger partial charge in [-0.25, -0.2) is 0 Å². The summed E-state index contributed by atoms with van der Waals surface area (Å²) in [6, 6.07) is 9.25. The van der Waals surface area contributed by atoms with Crippen molar-refractivity contribution in [3.05, 3.63) is 42.4 Å². The Morgan fingerprint density at radius 1 is 0.933 bits per heavy atom. The Hall–Kier alpha value is -1.74. The third-order valence-electron chi connectivity index (χ3n) is 7.13. The van der Waals surface area contributed by atoms with Crippen LogP contribution in [-0.2, 0) is 0 Å². The SMILES string of the molecule is CCCN1CCN(c2cc(-c3ccoc3)ccc2C2CC(C)(C)CC(C)(C)C2)CC1. The summed E-state index contributed by atoms with van der Waals surface area (Å²) >= 11 is 0. The standard InChI is InChI=1S/C27H40N2O/c1-6-10-28-11-13-29(14-12-28)25-16-21(22-9-15-30-19-22)7-8-24(25)23-17-26(2,3)20-27(4,5)18-23/h7-9,15-16,19,23H,6,10-14,17-18,20H2,1-5H3. The zero-order valence-electron chi connectivity index (χ0n) is 19.7. The number of nitrogens with zero attached hydrogens (tertiary/aromatic N) is 2. The molecular formula is C27H40N2O. The van der Waals surface area contributed by atoms with E-state index in [0.29, 0.717) is 16.7 Å². The fraction of sp³-hybridized carbons (Fsp3) is 0.630. The molecule has 1 aliphatic heterocycles. The molecule has 1 saturated heterocycles. The molecule has 0 radical (unpaired) electrons. The number of hydrogen-bond donors (Lipinski definition) is 0. The topological polar surface area (TPSA) is 19.6 Å². The van der Waals surface area contributed by atoms with Crippen LogP contribution in [0.4, 0.5) is 5.69 Å². The molecule has 0 unspecified atom stereocenters. The van der Waals surface area contributed by atoms with Crippen molar-refractivity contribution in [3.63, 3.8) is 0 Å². The zero-order valence-corrected chi connectivity index (χ0v) is 19.7. The molecule has 2 aromatic rings. The van der Waals surface area contributed by atoms with Crippen molar-refractivity contribution in [1.29, 1.82) is 0 Å². The molecule has 30 heavy (non-hydrogen) atoms. The van der Waals surface area contributed by atoms with Gasteiger partial charge in [-0.15, -0.1) is 0 Å². The van der Waals surface area contributed by atoms with E-state index in [-0.39, 0.29) is 0 Å². The van der Waals surface area contributed by atoms with E-state index in [9.17, 15) is 0 Å². The molecule has 1 aliphatic carbocycles. The summed E-state index contributed by atoms with van der Waals surface area (Å²) in [5.41, 5.74) is 6.26. The van der Waals surface area contributed by atoms with Gasteiger partial charge in [0.15, 0.2) is 0 Å². The van der Waals surface area contributed by atoms with Crippen molar-refractivity contribution in [2.45, 2.75) is 66.2 Å². The van der Waals surface area contributed by atoms with Gasteiger partial charge >= 0.3 is 0 Å². The minimum Gasteiger partial charge on any atom is -0.472 e. The summed E-state index contributed by atoms with van der Waals surface area (Å²) in [4.78, 5) is 5.27. The van der Waals surface area contributed by atoms with Gasteiger partial charge in [-0.2, -0.15) is 0 Å². The van der Waals surface area contributed by atoms with E-state index in [1.54, 1.807) is 11.8 Å². The van der Waals surface area contributed by atoms with Crippen molar-refractivity contribution in [2.75, 3.05) is 37.6 Å². The van der Waals surface area contributed by atoms with Crippen LogP contribution in [0.15, 0.2) is 41.2 Å². The lowest BCUT2D eigenvalue weighted by Gasteiger charge is -2.46. The third kappa shape index (κ3) is 4.77. The van der Waals surface area contributed by atoms with Gasteiger partial charge in [0.2, 0.25) is 0 Å². The van der Waals surface area contributed by atoms with Crippen molar-refractivity contribution in [1.82, 2.24) is 4.90 Å². The Balaban J connectivity index is 1.68. The van der Waals surface area contributed by atoms with Gasteiger partial charge in [0, 0.05) is 37.4 Å². The van der Waals surface area contributed by atoms with Crippen LogP contribution in [-0.4, -0.2) is 37.6 Å². The molecular weight excluding hydrogens is 368 g/mol. The molecule has 3 heteroatoms. The summed E-state index contributed by atoms with van der Waals surface area (Å²) < 4.78 is 5.38. The molecule has 2 aliphatic rings. The quantitative estimate of drug-likeness (QED) is 0.542. The van der Waals surface area contributed by atoms with Crippen LogP contribution in [0.1, 0.15) is 71.8 Å². The van der Waals surface area contributed by atoms with Crippen LogP contribution in [0, 0.1) is 10.8 Å². The van der Waals surface area contributed by atoms with Crippen LogP contribution in [0.3, 0.4) is 0 Å². The first kappa shape index (κ1) is 21.5. The highest BCUT2D eigenvalue weighted by atomic mass is 16.3. The molecule has 1 aromatic carbocycles. The summed E-state index contributed by atoms with van der Waals surface area (Å²) in [7, 11) is 0. The fourth-order valence-corrected chi connectivity index (χ4v) is 6.37. The Morgan fingerprint density at radius 2 is 1.63 bits per heavy atom. The zero-order chi connectivity index (χ0) is 21.4. The fourth-order valence-electron chi connectivity index (χ4n) is 6.37. The average molecular weight is 409 g/mol. The Labute approximate surface area is 183 Å². The molecule has 0 amide bonds. The highest BCUT2D eigenvalue weighted by molar-refractivity contribution is 5.71. The molecule has 2 fully saturated rings. The van der Waals surface area contributed by atoms with Crippen LogP contribution in [0.5, 0.6) is 0 Å². The largest absolute Gasteiger partial charge is 0.472 e. The molecule has 0 bridgehead atoms. The second kappa shape index (κ2) is 8.42. The number of benzene rings is 1. The summed E-state index contributed by atoms with van der Waals surface area (Å²) in [6.45, 7) is 18.0. The van der Waals surface area contributed by atoms with E-state index in [1.165, 1.54) is 62.1 Å². The number of furan rings is 1. The molecule has 2 heterocycles. The van der Waals surface area contributed by atoms with Gasteiger partial charge < -0.3 is 9.32 Å². The molecule has 3 nitrogen and oxygen atoms in total. The van der Waals surface area contributed by atoms with Crippen molar-refractivity contribution in [3.8, 4) is 11.1 Å². The van der Waals surface area contributed by atoms with Crippen LogP contribution < -0.4 is 4.90 Å². The van der Waals surface area contributed by atoms with Gasteiger partial charge in [-0.05, 0) is 72.2 Å². The number of piperazine rings is 1. The molecule has 164 valence electrons. The molecule has 1 aromatic heterocycles. The highest BCUT2D eigenvalue weighted by Gasteiger charge is 2.40. The average Bonchev–Trinajstić information content (AvgIpc) is 3.21.